The van der Waals surface area contributed by atoms with E-state index < -0.39 is 10.1 Å². The first-order valence-corrected chi connectivity index (χ1v) is 10.0. The van der Waals surface area contributed by atoms with Crippen LogP contribution < -0.4 is 0 Å². The first-order chi connectivity index (χ1) is 10.7. The van der Waals surface area contributed by atoms with Crippen LogP contribution in [0.15, 0.2) is 35.2 Å². The fraction of sp³-hybridized carbons (Fsp3) is 0.667. The molecule has 0 heterocycles. The molecule has 0 aromatic heterocycles. The Hall–Kier alpha value is 6.52. The van der Waals surface area contributed by atoms with Gasteiger partial charge >= 0.3 is 189 Å². The SMILES string of the molecule is CCCCCCCCCCCCOS(=O)(=O)c1ccccc1.Cl.Cl.Cl.Cl.F.[Ca+2].[Ca+2].[Ca+2].[Ca+2].[Ca+2].[H-].[H-].[H-].[H-].[H-].[H-].[H-].[H-].[H-].[H-]. The summed E-state index contributed by atoms with van der Waals surface area (Å²) in [5, 5.41) is 0. The Labute approximate surface area is 385 Å². The van der Waals surface area contributed by atoms with Crippen LogP contribution in [0.1, 0.15) is 85.4 Å². The summed E-state index contributed by atoms with van der Waals surface area (Å²) in [4.78, 5) is 0.238. The molecule has 0 saturated heterocycles. The van der Waals surface area contributed by atoms with Crippen LogP contribution in [0, 0.1) is 0 Å². The van der Waals surface area contributed by atoms with Crippen molar-refractivity contribution in [1.29, 1.82) is 0 Å². The van der Waals surface area contributed by atoms with Gasteiger partial charge in [-0.05, 0) is 18.6 Å². The normalized spacial score (nSPS) is 8.03. The van der Waals surface area contributed by atoms with Gasteiger partial charge in [0.25, 0.3) is 10.1 Å². The summed E-state index contributed by atoms with van der Waals surface area (Å²) in [6, 6.07) is 8.33. The van der Waals surface area contributed by atoms with E-state index in [-0.39, 0.29) is 269 Å². The predicted octanol–water partition coefficient (Wildman–Crippen LogP) is 6.37. The molecule has 0 aliphatic carbocycles. The molecule has 0 fully saturated rings. The summed E-state index contributed by atoms with van der Waals surface area (Å²) in [5.41, 5.74) is 0. The molecule has 0 saturated carbocycles. The van der Waals surface area contributed by atoms with E-state index in [4.69, 9.17) is 4.18 Å². The molecular formula is C18H45Ca5Cl4FO3S. The van der Waals surface area contributed by atoms with Crippen LogP contribution >= 0.6 is 49.6 Å². The first-order valence-electron chi connectivity index (χ1n) is 8.61. The molecule has 0 spiro atoms. The van der Waals surface area contributed by atoms with E-state index >= 15 is 0 Å². The zero-order chi connectivity index (χ0) is 16.1. The van der Waals surface area contributed by atoms with Gasteiger partial charge in [-0.2, -0.15) is 8.42 Å². The van der Waals surface area contributed by atoms with Gasteiger partial charge < -0.3 is 14.3 Å². The second-order valence-electron chi connectivity index (χ2n) is 5.77. The predicted molar refractivity (Wildman–Crippen MR) is 163 cm³/mol. The van der Waals surface area contributed by atoms with Crippen LogP contribution in [-0.2, 0) is 14.3 Å². The van der Waals surface area contributed by atoms with Crippen LogP contribution in [0.3, 0.4) is 0 Å². The van der Waals surface area contributed by atoms with Gasteiger partial charge in [0.15, 0.2) is 0 Å². The zero-order valence-electron chi connectivity index (χ0n) is 29.4. The van der Waals surface area contributed by atoms with E-state index in [1.54, 1.807) is 30.3 Å². The van der Waals surface area contributed by atoms with Gasteiger partial charge in [0.1, 0.15) is 0 Å². The molecule has 1 rings (SSSR count). The Morgan fingerprint density at radius 1 is 0.656 bits per heavy atom. The molecule has 0 aliphatic rings. The summed E-state index contributed by atoms with van der Waals surface area (Å²) >= 11 is 0. The van der Waals surface area contributed by atoms with E-state index in [1.165, 1.54) is 51.4 Å². The number of rotatable bonds is 13. The van der Waals surface area contributed by atoms with Crippen LogP contribution in [0.25, 0.3) is 0 Å². The van der Waals surface area contributed by atoms with Crippen molar-refractivity contribution in [3.63, 3.8) is 0 Å². The third-order valence-electron chi connectivity index (χ3n) is 3.77. The number of halogens is 5. The Kier molecular flexibility index (Phi) is 98.6. The molecule has 0 radical (unpaired) electrons. The van der Waals surface area contributed by atoms with Gasteiger partial charge in [-0.15, -0.1) is 49.6 Å². The van der Waals surface area contributed by atoms with Crippen molar-refractivity contribution in [2.24, 2.45) is 0 Å². The van der Waals surface area contributed by atoms with Gasteiger partial charge in [-0.3, -0.25) is 8.89 Å². The topological polar surface area (TPSA) is 43.4 Å². The van der Waals surface area contributed by atoms with Crippen molar-refractivity contribution in [2.45, 2.75) is 76.0 Å². The number of unbranched alkanes of at least 4 members (excludes halogenated alkanes) is 9. The second kappa shape index (κ2) is 47.3. The minimum atomic E-state index is -3.57. The van der Waals surface area contributed by atoms with E-state index in [0.29, 0.717) is 0 Å². The summed E-state index contributed by atoms with van der Waals surface area (Å²) in [7, 11) is -3.57. The molecule has 0 bridgehead atoms. The molecule has 32 heavy (non-hydrogen) atoms. The maximum Gasteiger partial charge on any atom is 2.00 e. The Balaban J connectivity index is -0.0000000134. The van der Waals surface area contributed by atoms with E-state index in [2.05, 4.69) is 6.92 Å². The molecule has 0 N–H and O–H groups in total. The molecule has 186 valence electrons. The molecule has 0 aliphatic heterocycles. The third kappa shape index (κ3) is 38.7. The van der Waals surface area contributed by atoms with Gasteiger partial charge in [0.05, 0.1) is 11.5 Å². The van der Waals surface area contributed by atoms with Crippen molar-refractivity contribution >= 4 is 248 Å². The van der Waals surface area contributed by atoms with Gasteiger partial charge in [-0.25, -0.2) is 0 Å². The Morgan fingerprint density at radius 2 is 1.00 bits per heavy atom. The molecule has 0 unspecified atom stereocenters. The Morgan fingerprint density at radius 3 is 1.38 bits per heavy atom. The summed E-state index contributed by atoms with van der Waals surface area (Å²) in [6.07, 6.45) is 12.3. The molecule has 0 amide bonds. The minimum absolute atomic E-state index is 0. The van der Waals surface area contributed by atoms with E-state index in [0.717, 1.165) is 12.8 Å². The van der Waals surface area contributed by atoms with Crippen molar-refractivity contribution in [1.82, 2.24) is 0 Å². The summed E-state index contributed by atoms with van der Waals surface area (Å²) in [5.74, 6) is 0. The smallest absolute Gasteiger partial charge is 1.00 e. The monoisotopic (exact) mass is 700 g/mol. The van der Waals surface area contributed by atoms with Crippen LogP contribution in [0.2, 0.25) is 0 Å². The van der Waals surface area contributed by atoms with Crippen LogP contribution in [-0.4, -0.2) is 204 Å². The maximum absolute atomic E-state index is 11.9. The average molecular weight is 703 g/mol. The quantitative estimate of drug-likeness (QED) is 0.136. The number of benzene rings is 1. The maximum atomic E-state index is 11.9. The Bertz CT molecular complexity index is 544. The van der Waals surface area contributed by atoms with Gasteiger partial charge in [0, 0.05) is 0 Å². The fourth-order valence-corrected chi connectivity index (χ4v) is 3.38. The molecule has 3 nitrogen and oxygen atoms in total. The summed E-state index contributed by atoms with van der Waals surface area (Å²) < 4.78 is 28.8. The van der Waals surface area contributed by atoms with Gasteiger partial charge in [-0.1, -0.05) is 82.9 Å². The fourth-order valence-electron chi connectivity index (χ4n) is 2.41. The van der Waals surface area contributed by atoms with Gasteiger partial charge in [0.2, 0.25) is 0 Å². The molecule has 1 aromatic carbocycles. The largest absolute Gasteiger partial charge is 2.00 e. The van der Waals surface area contributed by atoms with E-state index in [1.807, 2.05) is 0 Å². The average Bonchev–Trinajstić information content (AvgIpc) is 2.53. The molecular weight excluding hydrogens is 657 g/mol. The third-order valence-corrected chi connectivity index (χ3v) is 5.09. The first kappa shape index (κ1) is 66.7. The zero-order valence-corrected chi connectivity index (χ0v) is 34.5. The van der Waals surface area contributed by atoms with Crippen LogP contribution in [0.5, 0.6) is 0 Å². The molecule has 0 atom stereocenters. The minimum Gasteiger partial charge on any atom is -1.00 e. The molecule has 14 heteroatoms. The van der Waals surface area contributed by atoms with Crippen molar-refractivity contribution in [2.75, 3.05) is 6.61 Å². The number of hydrogen-bond donors (Lipinski definition) is 0. The molecule has 1 aromatic rings. The number of hydrogen-bond acceptors (Lipinski definition) is 3. The van der Waals surface area contributed by atoms with Crippen LogP contribution in [0.4, 0.5) is 4.70 Å². The summed E-state index contributed by atoms with van der Waals surface area (Å²) in [6.45, 7) is 2.52. The standard InChI is InChI=1S/C18H30O3S.5Ca.4ClH.FH.10H/c1-2-3-4-5-6-7-8-9-10-14-17-21-22(19,20)18-15-12-11-13-16-18;;;;;;;;;;;;;;;;;;;;/h11-13,15-16H,2-10,14,17H2,1H3;;;;;;5*1H;;;;;;;;;;/q;5*+2;;;;;;10*-1. The van der Waals surface area contributed by atoms with E-state index in [9.17, 15) is 8.42 Å². The van der Waals surface area contributed by atoms with Crippen molar-refractivity contribution < 1.29 is 31.6 Å². The van der Waals surface area contributed by atoms with Crippen molar-refractivity contribution in [3.05, 3.63) is 30.3 Å². The van der Waals surface area contributed by atoms with Crippen molar-refractivity contribution in [3.8, 4) is 0 Å². The second-order valence-corrected chi connectivity index (χ2v) is 7.39.